The van der Waals surface area contributed by atoms with Gasteiger partial charge in [-0.3, -0.25) is 9.59 Å². The molecule has 6 nitrogen and oxygen atoms in total. The Morgan fingerprint density at radius 3 is 2.67 bits per heavy atom. The fourth-order valence-corrected chi connectivity index (χ4v) is 1.12. The van der Waals surface area contributed by atoms with Gasteiger partial charge in [0.05, 0.1) is 0 Å². The number of aromatic nitrogens is 1. The van der Waals surface area contributed by atoms with Crippen LogP contribution in [-0.2, 0) is 4.79 Å². The molecule has 1 aromatic heterocycles. The molecule has 0 radical (unpaired) electrons. The Balaban J connectivity index is 2.77. The number of carbonyl (C=O) groups is 2. The third-order valence-corrected chi connectivity index (χ3v) is 1.84. The number of aryl methyl sites for hydroxylation is 1. The van der Waals surface area contributed by atoms with E-state index in [4.69, 9.17) is 9.63 Å². The van der Waals surface area contributed by atoms with Crippen LogP contribution in [-0.4, -0.2) is 40.1 Å². The van der Waals surface area contributed by atoms with Gasteiger partial charge in [-0.2, -0.15) is 0 Å². The molecular weight excluding hydrogens is 200 g/mol. The van der Waals surface area contributed by atoms with Gasteiger partial charge in [0.25, 0.3) is 5.91 Å². The molecule has 15 heavy (non-hydrogen) atoms. The standard InChI is InChI=1S/C9H12N2O4/c1-3-11(5-8(12)13)9(14)7-4-6(2)15-10-7/h4H,3,5H2,1-2H3,(H,12,13). The Labute approximate surface area is 86.5 Å². The van der Waals surface area contributed by atoms with Crippen LogP contribution in [0.25, 0.3) is 0 Å². The number of carboxylic acid groups (broad SMARTS) is 1. The van der Waals surface area contributed by atoms with Gasteiger partial charge in [0, 0.05) is 12.6 Å². The second-order valence-corrected chi connectivity index (χ2v) is 3.04. The molecule has 0 aliphatic carbocycles. The number of carbonyl (C=O) groups excluding carboxylic acids is 1. The highest BCUT2D eigenvalue weighted by atomic mass is 16.5. The average molecular weight is 212 g/mol. The Kier molecular flexibility index (Phi) is 3.43. The van der Waals surface area contributed by atoms with E-state index in [1.807, 2.05) is 0 Å². The normalized spacial score (nSPS) is 10.0. The van der Waals surface area contributed by atoms with Crippen molar-refractivity contribution in [1.82, 2.24) is 10.1 Å². The van der Waals surface area contributed by atoms with Crippen LogP contribution in [0.2, 0.25) is 0 Å². The average Bonchev–Trinajstić information content (AvgIpc) is 2.60. The number of nitrogens with zero attached hydrogens (tertiary/aromatic N) is 2. The molecule has 1 heterocycles. The van der Waals surface area contributed by atoms with Crippen LogP contribution < -0.4 is 0 Å². The SMILES string of the molecule is CCN(CC(=O)O)C(=O)c1cc(C)on1. The van der Waals surface area contributed by atoms with Gasteiger partial charge in [-0.1, -0.05) is 5.16 Å². The summed E-state index contributed by atoms with van der Waals surface area (Å²) in [4.78, 5) is 23.3. The third-order valence-electron chi connectivity index (χ3n) is 1.84. The van der Waals surface area contributed by atoms with Crippen molar-refractivity contribution in [3.8, 4) is 0 Å². The first-order valence-corrected chi connectivity index (χ1v) is 4.49. The van der Waals surface area contributed by atoms with Gasteiger partial charge in [-0.15, -0.1) is 0 Å². The van der Waals surface area contributed by atoms with E-state index >= 15 is 0 Å². The van der Waals surface area contributed by atoms with Crippen LogP contribution in [0.3, 0.4) is 0 Å². The minimum atomic E-state index is -1.05. The maximum atomic E-state index is 11.7. The quantitative estimate of drug-likeness (QED) is 0.787. The van der Waals surface area contributed by atoms with Gasteiger partial charge in [0.2, 0.25) is 0 Å². The Bertz CT molecular complexity index is 372. The summed E-state index contributed by atoms with van der Waals surface area (Å²) >= 11 is 0. The van der Waals surface area contributed by atoms with Gasteiger partial charge in [-0.25, -0.2) is 0 Å². The lowest BCUT2D eigenvalue weighted by Gasteiger charge is -2.16. The first-order chi connectivity index (χ1) is 7.04. The zero-order chi connectivity index (χ0) is 11.4. The van der Waals surface area contributed by atoms with E-state index in [0.717, 1.165) is 0 Å². The highest BCUT2D eigenvalue weighted by Gasteiger charge is 2.19. The lowest BCUT2D eigenvalue weighted by molar-refractivity contribution is -0.137. The summed E-state index contributed by atoms with van der Waals surface area (Å²) in [5.74, 6) is -0.966. The molecule has 1 rings (SSSR count). The molecule has 0 aliphatic rings. The fourth-order valence-electron chi connectivity index (χ4n) is 1.12. The third kappa shape index (κ3) is 2.80. The van der Waals surface area contributed by atoms with E-state index in [0.29, 0.717) is 12.3 Å². The summed E-state index contributed by atoms with van der Waals surface area (Å²) in [6.45, 7) is 3.35. The van der Waals surface area contributed by atoms with Crippen molar-refractivity contribution in [3.63, 3.8) is 0 Å². The van der Waals surface area contributed by atoms with Gasteiger partial charge >= 0.3 is 5.97 Å². The number of amides is 1. The minimum absolute atomic E-state index is 0.135. The van der Waals surface area contributed by atoms with Crippen LogP contribution in [0.15, 0.2) is 10.6 Å². The molecule has 0 aromatic carbocycles. The monoisotopic (exact) mass is 212 g/mol. The summed E-state index contributed by atoms with van der Waals surface area (Å²) < 4.78 is 4.74. The molecule has 0 saturated heterocycles. The van der Waals surface area contributed by atoms with Crippen molar-refractivity contribution in [3.05, 3.63) is 17.5 Å². The van der Waals surface area contributed by atoms with Crippen molar-refractivity contribution in [2.75, 3.05) is 13.1 Å². The molecule has 1 amide bonds. The second kappa shape index (κ2) is 4.59. The fraction of sp³-hybridized carbons (Fsp3) is 0.444. The number of rotatable bonds is 4. The molecule has 6 heteroatoms. The van der Waals surface area contributed by atoms with Crippen LogP contribution in [0, 0.1) is 6.92 Å². The first-order valence-electron chi connectivity index (χ1n) is 4.49. The van der Waals surface area contributed by atoms with Crippen molar-refractivity contribution < 1.29 is 19.2 Å². The minimum Gasteiger partial charge on any atom is -0.480 e. The number of hydrogen-bond donors (Lipinski definition) is 1. The zero-order valence-corrected chi connectivity index (χ0v) is 8.56. The predicted octanol–water partition coefficient (Wildman–Crippen LogP) is 0.530. The van der Waals surface area contributed by atoms with Crippen LogP contribution >= 0.6 is 0 Å². The van der Waals surface area contributed by atoms with Crippen molar-refractivity contribution in [2.24, 2.45) is 0 Å². The first kappa shape index (κ1) is 11.2. The summed E-state index contributed by atoms with van der Waals surface area (Å²) in [5.41, 5.74) is 0.135. The van der Waals surface area contributed by atoms with Crippen LogP contribution in [0.1, 0.15) is 23.2 Å². The summed E-state index contributed by atoms with van der Waals surface area (Å²) in [6.07, 6.45) is 0. The maximum absolute atomic E-state index is 11.7. The number of carboxylic acids is 1. The van der Waals surface area contributed by atoms with E-state index < -0.39 is 11.9 Å². The molecule has 0 fully saturated rings. The number of likely N-dealkylation sites (N-methyl/N-ethyl adjacent to an activating group) is 1. The number of aliphatic carboxylic acids is 1. The largest absolute Gasteiger partial charge is 0.480 e. The molecule has 0 aliphatic heterocycles. The number of hydrogen-bond acceptors (Lipinski definition) is 4. The maximum Gasteiger partial charge on any atom is 0.323 e. The van der Waals surface area contributed by atoms with Crippen molar-refractivity contribution in [1.29, 1.82) is 0 Å². The lowest BCUT2D eigenvalue weighted by atomic mass is 10.3. The van der Waals surface area contributed by atoms with Crippen LogP contribution in [0.4, 0.5) is 0 Å². The van der Waals surface area contributed by atoms with Gasteiger partial charge in [0.15, 0.2) is 5.69 Å². The summed E-state index contributed by atoms with van der Waals surface area (Å²) in [7, 11) is 0. The van der Waals surface area contributed by atoms with Crippen molar-refractivity contribution in [2.45, 2.75) is 13.8 Å². The van der Waals surface area contributed by atoms with E-state index in [2.05, 4.69) is 5.16 Å². The van der Waals surface area contributed by atoms with Gasteiger partial charge in [0.1, 0.15) is 12.3 Å². The Hall–Kier alpha value is -1.85. The van der Waals surface area contributed by atoms with Crippen LogP contribution in [0.5, 0.6) is 0 Å². The van der Waals surface area contributed by atoms with Crippen molar-refractivity contribution >= 4 is 11.9 Å². The van der Waals surface area contributed by atoms with E-state index in [-0.39, 0.29) is 12.2 Å². The summed E-state index contributed by atoms with van der Waals surface area (Å²) in [6, 6.07) is 1.48. The Morgan fingerprint density at radius 2 is 2.27 bits per heavy atom. The highest BCUT2D eigenvalue weighted by Crippen LogP contribution is 2.05. The second-order valence-electron chi connectivity index (χ2n) is 3.04. The molecule has 0 atom stereocenters. The zero-order valence-electron chi connectivity index (χ0n) is 8.56. The molecule has 0 bridgehead atoms. The lowest BCUT2D eigenvalue weighted by Crippen LogP contribution is -2.35. The van der Waals surface area contributed by atoms with E-state index in [9.17, 15) is 9.59 Å². The molecule has 82 valence electrons. The predicted molar refractivity (Wildman–Crippen MR) is 50.5 cm³/mol. The Morgan fingerprint density at radius 1 is 1.60 bits per heavy atom. The molecule has 0 unspecified atom stereocenters. The molecular formula is C9H12N2O4. The van der Waals surface area contributed by atoms with Gasteiger partial charge < -0.3 is 14.5 Å². The van der Waals surface area contributed by atoms with Gasteiger partial charge in [-0.05, 0) is 13.8 Å². The van der Waals surface area contributed by atoms with E-state index in [1.165, 1.54) is 11.0 Å². The molecule has 0 saturated carbocycles. The topological polar surface area (TPSA) is 83.6 Å². The van der Waals surface area contributed by atoms with E-state index in [1.54, 1.807) is 13.8 Å². The molecule has 1 N–H and O–H groups in total. The molecule has 0 spiro atoms. The summed E-state index contributed by atoms with van der Waals surface area (Å²) in [5, 5.41) is 12.1. The highest BCUT2D eigenvalue weighted by molar-refractivity contribution is 5.94. The smallest absolute Gasteiger partial charge is 0.323 e. The molecule has 1 aromatic rings.